The minimum Gasteiger partial charge on any atom is -0.482 e. The quantitative estimate of drug-likeness (QED) is 0.466. The van der Waals surface area contributed by atoms with E-state index >= 15 is 0 Å². The van der Waals surface area contributed by atoms with E-state index < -0.39 is 11.2 Å². The summed E-state index contributed by atoms with van der Waals surface area (Å²) in [6.45, 7) is 7.38. The summed E-state index contributed by atoms with van der Waals surface area (Å²) >= 11 is 0. The molecule has 1 aliphatic rings. The highest BCUT2D eigenvalue weighted by Gasteiger charge is 2.29. The molecule has 5 nitrogen and oxygen atoms in total. The first kappa shape index (κ1) is 14.8. The van der Waals surface area contributed by atoms with Crippen molar-refractivity contribution < 1.29 is 13.6 Å². The minimum absolute atomic E-state index is 0.216. The second-order valence-corrected chi connectivity index (χ2v) is 6.66. The molecule has 1 aliphatic heterocycles. The molecule has 0 bridgehead atoms. The van der Waals surface area contributed by atoms with E-state index in [-0.39, 0.29) is 16.4 Å². The summed E-state index contributed by atoms with van der Waals surface area (Å²) in [6, 6.07) is 2.80. The van der Waals surface area contributed by atoms with E-state index in [4.69, 9.17) is 13.6 Å². The van der Waals surface area contributed by atoms with Gasteiger partial charge in [0.15, 0.2) is 16.6 Å². The molecule has 5 heteroatoms. The van der Waals surface area contributed by atoms with Gasteiger partial charge >= 0.3 is 5.63 Å². The zero-order valence-corrected chi connectivity index (χ0v) is 13.9. The molecule has 0 radical (unpaired) electrons. The molecule has 0 aliphatic carbocycles. The number of ether oxygens (including phenoxy) is 1. The molecule has 3 heterocycles. The second kappa shape index (κ2) is 4.60. The van der Waals surface area contributed by atoms with Crippen LogP contribution < -0.4 is 15.8 Å². The Morgan fingerprint density at radius 2 is 1.71 bits per heavy atom. The summed E-state index contributed by atoms with van der Waals surface area (Å²) < 4.78 is 17.3. The van der Waals surface area contributed by atoms with E-state index in [1.807, 2.05) is 26.0 Å². The fourth-order valence-electron chi connectivity index (χ4n) is 3.16. The van der Waals surface area contributed by atoms with Crippen molar-refractivity contribution in [1.82, 2.24) is 0 Å². The van der Waals surface area contributed by atoms with Crippen molar-refractivity contribution in [2.45, 2.75) is 33.3 Å². The van der Waals surface area contributed by atoms with Crippen LogP contribution in [0.15, 0.2) is 36.6 Å². The Balaban J connectivity index is 2.36. The van der Waals surface area contributed by atoms with Crippen molar-refractivity contribution in [2.75, 3.05) is 0 Å². The Morgan fingerprint density at radius 1 is 0.958 bits per heavy atom. The van der Waals surface area contributed by atoms with Crippen LogP contribution in [0.2, 0.25) is 0 Å². The lowest BCUT2D eigenvalue weighted by Crippen LogP contribution is -2.28. The molecule has 0 atom stereocenters. The SMILES string of the molecule is Cc1cc(=O)c2c(o1)c1c(c3c(C)cc(=O)oc32)OC(C)(C)C=C1. The van der Waals surface area contributed by atoms with Gasteiger partial charge in [-0.15, -0.1) is 0 Å². The predicted octanol–water partition coefficient (Wildman–Crippen LogP) is 3.70. The fourth-order valence-corrected chi connectivity index (χ4v) is 3.16. The first-order chi connectivity index (χ1) is 11.3. The van der Waals surface area contributed by atoms with Crippen molar-refractivity contribution in [3.8, 4) is 5.75 Å². The average Bonchev–Trinajstić information content (AvgIpc) is 2.44. The number of hydrogen-bond acceptors (Lipinski definition) is 5. The topological polar surface area (TPSA) is 69.7 Å². The lowest BCUT2D eigenvalue weighted by atomic mass is 9.96. The van der Waals surface area contributed by atoms with E-state index in [0.717, 1.165) is 0 Å². The summed E-state index contributed by atoms with van der Waals surface area (Å²) in [5.41, 5.74) is 0.720. The zero-order valence-electron chi connectivity index (χ0n) is 13.9. The molecule has 3 aromatic rings. The van der Waals surface area contributed by atoms with E-state index in [1.54, 1.807) is 13.8 Å². The fraction of sp³-hybridized carbons (Fsp3) is 0.263. The van der Waals surface area contributed by atoms with Gasteiger partial charge in [-0.1, -0.05) is 0 Å². The van der Waals surface area contributed by atoms with Crippen molar-refractivity contribution in [3.05, 3.63) is 55.7 Å². The van der Waals surface area contributed by atoms with Crippen molar-refractivity contribution >= 4 is 28.0 Å². The number of hydrogen-bond donors (Lipinski definition) is 0. The molecule has 24 heavy (non-hydrogen) atoms. The molecule has 2 aromatic heterocycles. The van der Waals surface area contributed by atoms with E-state index in [0.29, 0.717) is 33.6 Å². The monoisotopic (exact) mass is 324 g/mol. The summed E-state index contributed by atoms with van der Waals surface area (Å²) in [5.74, 6) is 1.06. The number of benzene rings is 1. The predicted molar refractivity (Wildman–Crippen MR) is 91.7 cm³/mol. The van der Waals surface area contributed by atoms with Crippen LogP contribution in [0.4, 0.5) is 0 Å². The molecule has 0 N–H and O–H groups in total. The molecular weight excluding hydrogens is 308 g/mol. The zero-order chi connectivity index (χ0) is 17.2. The number of aryl methyl sites for hydroxylation is 2. The van der Waals surface area contributed by atoms with Gasteiger partial charge in [0.25, 0.3) is 0 Å². The first-order valence-electron chi connectivity index (χ1n) is 7.70. The molecule has 0 unspecified atom stereocenters. The number of fused-ring (bicyclic) bond motifs is 6. The highest BCUT2D eigenvalue weighted by molar-refractivity contribution is 6.10. The molecule has 0 saturated carbocycles. The second-order valence-electron chi connectivity index (χ2n) is 6.66. The largest absolute Gasteiger partial charge is 0.482 e. The van der Waals surface area contributed by atoms with Gasteiger partial charge in [-0.3, -0.25) is 4.79 Å². The van der Waals surface area contributed by atoms with Crippen LogP contribution >= 0.6 is 0 Å². The van der Waals surface area contributed by atoms with E-state index in [2.05, 4.69) is 0 Å². The van der Waals surface area contributed by atoms with Gasteiger partial charge in [0, 0.05) is 12.1 Å². The molecule has 0 fully saturated rings. The minimum atomic E-state index is -0.514. The van der Waals surface area contributed by atoms with Gasteiger partial charge in [0.2, 0.25) is 0 Å². The Hall–Kier alpha value is -2.82. The molecule has 0 saturated heterocycles. The third kappa shape index (κ3) is 2.01. The van der Waals surface area contributed by atoms with Crippen LogP contribution in [0.5, 0.6) is 5.75 Å². The van der Waals surface area contributed by atoms with Gasteiger partial charge in [-0.05, 0) is 45.4 Å². The highest BCUT2D eigenvalue weighted by Crippen LogP contribution is 2.43. The normalized spacial score (nSPS) is 15.5. The maximum absolute atomic E-state index is 12.6. The van der Waals surface area contributed by atoms with E-state index in [9.17, 15) is 9.59 Å². The van der Waals surface area contributed by atoms with Crippen LogP contribution in [0.3, 0.4) is 0 Å². The van der Waals surface area contributed by atoms with Crippen LogP contribution in [-0.4, -0.2) is 5.60 Å². The maximum Gasteiger partial charge on any atom is 0.336 e. The third-order valence-corrected chi connectivity index (χ3v) is 4.19. The van der Waals surface area contributed by atoms with E-state index in [1.165, 1.54) is 12.1 Å². The lowest BCUT2D eigenvalue weighted by molar-refractivity contribution is 0.161. The summed E-state index contributed by atoms with van der Waals surface area (Å²) in [6.07, 6.45) is 3.81. The first-order valence-corrected chi connectivity index (χ1v) is 7.70. The maximum atomic E-state index is 12.6. The number of rotatable bonds is 0. The van der Waals surface area contributed by atoms with Crippen LogP contribution in [-0.2, 0) is 0 Å². The van der Waals surface area contributed by atoms with Gasteiger partial charge in [-0.25, -0.2) is 4.79 Å². The highest BCUT2D eigenvalue weighted by atomic mass is 16.5. The third-order valence-electron chi connectivity index (χ3n) is 4.19. The average molecular weight is 324 g/mol. The van der Waals surface area contributed by atoms with Gasteiger partial charge in [-0.2, -0.15) is 0 Å². The Bertz CT molecular complexity index is 1160. The van der Waals surface area contributed by atoms with Crippen molar-refractivity contribution in [1.29, 1.82) is 0 Å². The lowest BCUT2D eigenvalue weighted by Gasteiger charge is -2.29. The van der Waals surface area contributed by atoms with Crippen LogP contribution in [0.1, 0.15) is 30.7 Å². The molecule has 1 aromatic carbocycles. The molecule has 0 amide bonds. The summed E-state index contributed by atoms with van der Waals surface area (Å²) in [4.78, 5) is 24.4. The van der Waals surface area contributed by atoms with Crippen LogP contribution in [0.25, 0.3) is 28.0 Å². The van der Waals surface area contributed by atoms with Gasteiger partial charge < -0.3 is 13.6 Å². The van der Waals surface area contributed by atoms with Crippen molar-refractivity contribution in [2.24, 2.45) is 0 Å². The van der Waals surface area contributed by atoms with Crippen LogP contribution in [0, 0.1) is 13.8 Å². The summed E-state index contributed by atoms with van der Waals surface area (Å²) in [5, 5.41) is 0.897. The Kier molecular flexibility index (Phi) is 2.83. The van der Waals surface area contributed by atoms with Gasteiger partial charge in [0.05, 0.1) is 10.9 Å². The molecule has 122 valence electrons. The Morgan fingerprint density at radius 3 is 2.46 bits per heavy atom. The smallest absolute Gasteiger partial charge is 0.336 e. The van der Waals surface area contributed by atoms with Gasteiger partial charge in [0.1, 0.15) is 22.5 Å². The summed E-state index contributed by atoms with van der Waals surface area (Å²) in [7, 11) is 0. The van der Waals surface area contributed by atoms with Crippen molar-refractivity contribution in [3.63, 3.8) is 0 Å². The Labute approximate surface area is 137 Å². The molecular formula is C19H16O5. The molecule has 0 spiro atoms. The molecule has 4 rings (SSSR count). The standard InChI is InChI=1S/C19H16O5/c1-9-7-13(21)23-18-14(9)17-11(5-6-19(3,4)24-17)16-15(18)12(20)8-10(2)22-16/h5-8H,1-4H3.